The third-order valence-corrected chi connectivity index (χ3v) is 4.90. The quantitative estimate of drug-likeness (QED) is 0.812. The van der Waals surface area contributed by atoms with E-state index in [1.54, 1.807) is 12.1 Å². The number of nitrogens with one attached hydrogen (secondary N) is 1. The lowest BCUT2D eigenvalue weighted by atomic mass is 10.2. The standard InChI is InChI=1S/C13H10BrClFNO2S/c14-8-9-4-6-10(7-5-9)20(18,19)17-12-3-1-2-11(15)13(12)16/h1-7,17H,8H2. The third kappa shape index (κ3) is 3.31. The van der Waals surface area contributed by atoms with Gasteiger partial charge in [0.05, 0.1) is 15.6 Å². The number of hydrogen-bond donors (Lipinski definition) is 1. The van der Waals surface area contributed by atoms with Crippen molar-refractivity contribution in [3.63, 3.8) is 0 Å². The number of alkyl halides is 1. The molecule has 0 unspecified atom stereocenters. The van der Waals surface area contributed by atoms with Gasteiger partial charge in [0.2, 0.25) is 0 Å². The predicted molar refractivity (Wildman–Crippen MR) is 81.3 cm³/mol. The molecule has 0 bridgehead atoms. The van der Waals surface area contributed by atoms with Crippen molar-refractivity contribution >= 4 is 43.2 Å². The van der Waals surface area contributed by atoms with E-state index in [9.17, 15) is 12.8 Å². The molecule has 0 fully saturated rings. The smallest absolute Gasteiger partial charge is 0.261 e. The molecule has 2 aromatic rings. The minimum atomic E-state index is -3.84. The summed E-state index contributed by atoms with van der Waals surface area (Å²) in [6.07, 6.45) is 0. The first kappa shape index (κ1) is 15.3. The van der Waals surface area contributed by atoms with Gasteiger partial charge in [-0.25, -0.2) is 12.8 Å². The van der Waals surface area contributed by atoms with Gasteiger partial charge in [-0.3, -0.25) is 4.72 Å². The van der Waals surface area contributed by atoms with Gasteiger partial charge in [-0.05, 0) is 29.8 Å². The summed E-state index contributed by atoms with van der Waals surface area (Å²) in [6.45, 7) is 0. The molecule has 0 saturated heterocycles. The van der Waals surface area contributed by atoms with Crippen LogP contribution in [0.1, 0.15) is 5.56 Å². The average Bonchev–Trinajstić information content (AvgIpc) is 2.44. The van der Waals surface area contributed by atoms with Crippen LogP contribution in [-0.4, -0.2) is 8.42 Å². The summed E-state index contributed by atoms with van der Waals surface area (Å²) in [5.74, 6) is -0.796. The molecular formula is C13H10BrClFNO2S. The maximum absolute atomic E-state index is 13.7. The van der Waals surface area contributed by atoms with E-state index in [0.29, 0.717) is 5.33 Å². The van der Waals surface area contributed by atoms with E-state index < -0.39 is 15.8 Å². The second-order valence-electron chi connectivity index (χ2n) is 3.98. The average molecular weight is 379 g/mol. The second-order valence-corrected chi connectivity index (χ2v) is 6.63. The first-order valence-corrected chi connectivity index (χ1v) is 8.54. The van der Waals surface area contributed by atoms with Crippen molar-refractivity contribution in [3.05, 3.63) is 58.9 Å². The van der Waals surface area contributed by atoms with Gasteiger partial charge in [-0.15, -0.1) is 0 Å². The molecule has 2 rings (SSSR count). The molecule has 3 nitrogen and oxygen atoms in total. The SMILES string of the molecule is O=S(=O)(Nc1cccc(Cl)c1F)c1ccc(CBr)cc1. The lowest BCUT2D eigenvalue weighted by Gasteiger charge is -2.09. The van der Waals surface area contributed by atoms with Gasteiger partial charge >= 0.3 is 0 Å². The van der Waals surface area contributed by atoms with Crippen LogP contribution in [-0.2, 0) is 15.4 Å². The van der Waals surface area contributed by atoms with Crippen molar-refractivity contribution in [1.82, 2.24) is 0 Å². The zero-order valence-electron chi connectivity index (χ0n) is 10.1. The Hall–Kier alpha value is -1.11. The Balaban J connectivity index is 2.33. The van der Waals surface area contributed by atoms with Crippen LogP contribution >= 0.6 is 27.5 Å². The van der Waals surface area contributed by atoms with Crippen LogP contribution in [0.25, 0.3) is 0 Å². The third-order valence-electron chi connectivity index (χ3n) is 2.58. The Labute approximate surface area is 130 Å². The summed E-state index contributed by atoms with van der Waals surface area (Å²) in [4.78, 5) is 0.0570. The van der Waals surface area contributed by atoms with E-state index in [4.69, 9.17) is 11.6 Å². The van der Waals surface area contributed by atoms with Gasteiger partial charge in [-0.2, -0.15) is 0 Å². The Morgan fingerprint density at radius 2 is 1.80 bits per heavy atom. The Morgan fingerprint density at radius 1 is 1.15 bits per heavy atom. The molecule has 0 heterocycles. The van der Waals surface area contributed by atoms with Crippen LogP contribution in [0.4, 0.5) is 10.1 Å². The van der Waals surface area contributed by atoms with E-state index in [0.717, 1.165) is 5.56 Å². The normalized spacial score (nSPS) is 11.3. The molecule has 2 aromatic carbocycles. The largest absolute Gasteiger partial charge is 0.277 e. The molecule has 1 N–H and O–H groups in total. The summed E-state index contributed by atoms with van der Waals surface area (Å²) >= 11 is 8.89. The molecule has 0 aliphatic heterocycles. The van der Waals surface area contributed by atoms with Crippen molar-refractivity contribution < 1.29 is 12.8 Å². The van der Waals surface area contributed by atoms with Crippen LogP contribution in [0.5, 0.6) is 0 Å². The molecular weight excluding hydrogens is 369 g/mol. The lowest BCUT2D eigenvalue weighted by Crippen LogP contribution is -2.14. The highest BCUT2D eigenvalue weighted by Gasteiger charge is 2.17. The summed E-state index contributed by atoms with van der Waals surface area (Å²) in [5.41, 5.74) is 0.764. The lowest BCUT2D eigenvalue weighted by molar-refractivity contribution is 0.598. The molecule has 0 atom stereocenters. The molecule has 106 valence electrons. The van der Waals surface area contributed by atoms with Gasteiger partial charge in [0.15, 0.2) is 5.82 Å². The number of sulfonamides is 1. The van der Waals surface area contributed by atoms with E-state index in [1.807, 2.05) is 0 Å². The predicted octanol–water partition coefficient (Wildman–Crippen LogP) is 4.17. The number of halogens is 3. The van der Waals surface area contributed by atoms with Crippen LogP contribution in [0, 0.1) is 5.82 Å². The summed E-state index contributed by atoms with van der Waals surface area (Å²) in [7, 11) is -3.84. The van der Waals surface area contributed by atoms with E-state index >= 15 is 0 Å². The van der Waals surface area contributed by atoms with Crippen LogP contribution in [0.2, 0.25) is 5.02 Å². The van der Waals surface area contributed by atoms with E-state index in [2.05, 4.69) is 20.7 Å². The fraction of sp³-hybridized carbons (Fsp3) is 0.0769. The fourth-order valence-corrected chi connectivity index (χ4v) is 3.15. The summed E-state index contributed by atoms with van der Waals surface area (Å²) in [6, 6.07) is 10.4. The molecule has 0 spiro atoms. The van der Waals surface area contributed by atoms with Crippen LogP contribution in [0.3, 0.4) is 0 Å². The van der Waals surface area contributed by atoms with Crippen molar-refractivity contribution in [2.75, 3.05) is 4.72 Å². The highest BCUT2D eigenvalue weighted by Crippen LogP contribution is 2.24. The van der Waals surface area contributed by atoms with Crippen molar-refractivity contribution in [2.24, 2.45) is 0 Å². The summed E-state index contributed by atoms with van der Waals surface area (Å²) < 4.78 is 40.1. The Morgan fingerprint density at radius 3 is 2.40 bits per heavy atom. The number of benzene rings is 2. The van der Waals surface area contributed by atoms with E-state index in [1.165, 1.54) is 30.3 Å². The highest BCUT2D eigenvalue weighted by atomic mass is 79.9. The molecule has 0 aliphatic carbocycles. The molecule has 20 heavy (non-hydrogen) atoms. The first-order valence-electron chi connectivity index (χ1n) is 5.56. The summed E-state index contributed by atoms with van der Waals surface area (Å²) in [5, 5.41) is 0.490. The Bertz CT molecular complexity index is 720. The maximum Gasteiger partial charge on any atom is 0.261 e. The highest BCUT2D eigenvalue weighted by molar-refractivity contribution is 9.08. The zero-order chi connectivity index (χ0) is 14.8. The topological polar surface area (TPSA) is 46.2 Å². The Kier molecular flexibility index (Phi) is 4.67. The molecule has 0 aromatic heterocycles. The van der Waals surface area contributed by atoms with Crippen LogP contribution in [0.15, 0.2) is 47.4 Å². The number of hydrogen-bond acceptors (Lipinski definition) is 2. The number of rotatable bonds is 4. The van der Waals surface area contributed by atoms with E-state index in [-0.39, 0.29) is 15.6 Å². The van der Waals surface area contributed by atoms with Crippen molar-refractivity contribution in [2.45, 2.75) is 10.2 Å². The van der Waals surface area contributed by atoms with Crippen molar-refractivity contribution in [1.29, 1.82) is 0 Å². The molecule has 0 radical (unpaired) electrons. The molecule has 0 saturated carbocycles. The second kappa shape index (κ2) is 6.11. The first-order chi connectivity index (χ1) is 9.44. The van der Waals surface area contributed by atoms with Crippen LogP contribution < -0.4 is 4.72 Å². The van der Waals surface area contributed by atoms with Crippen molar-refractivity contribution in [3.8, 4) is 0 Å². The zero-order valence-corrected chi connectivity index (χ0v) is 13.3. The van der Waals surface area contributed by atoms with Gasteiger partial charge in [0.25, 0.3) is 10.0 Å². The maximum atomic E-state index is 13.7. The monoisotopic (exact) mass is 377 g/mol. The van der Waals surface area contributed by atoms with Gasteiger partial charge in [0, 0.05) is 5.33 Å². The number of anilines is 1. The molecule has 7 heteroatoms. The fourth-order valence-electron chi connectivity index (χ4n) is 1.54. The minimum absolute atomic E-state index is 0.0570. The molecule has 0 amide bonds. The van der Waals surface area contributed by atoms with Gasteiger partial charge in [0.1, 0.15) is 0 Å². The van der Waals surface area contributed by atoms with Gasteiger partial charge < -0.3 is 0 Å². The minimum Gasteiger partial charge on any atom is -0.277 e. The molecule has 0 aliphatic rings. The van der Waals surface area contributed by atoms with Gasteiger partial charge in [-0.1, -0.05) is 45.7 Å².